The van der Waals surface area contributed by atoms with Crippen LogP contribution in [0, 0.1) is 31.6 Å². The number of halogens is 4. The molecular formula is C95H107Cl4N15O17. The van der Waals surface area contributed by atoms with Crippen molar-refractivity contribution >= 4 is 144 Å². The van der Waals surface area contributed by atoms with Gasteiger partial charge in [0, 0.05) is 129 Å². The summed E-state index contributed by atoms with van der Waals surface area (Å²) in [4.78, 5) is 171. The Morgan fingerprint density at radius 3 is 0.924 bits per heavy atom. The number of benzene rings is 4. The van der Waals surface area contributed by atoms with Crippen molar-refractivity contribution < 1.29 is 63.1 Å². The van der Waals surface area contributed by atoms with Crippen molar-refractivity contribution in [3.63, 3.8) is 0 Å². The van der Waals surface area contributed by atoms with E-state index in [9.17, 15) is 62.6 Å². The van der Waals surface area contributed by atoms with Crippen LogP contribution in [0.5, 0.6) is 0 Å². The highest BCUT2D eigenvalue weighted by atomic mass is 35.5. The van der Waals surface area contributed by atoms with Gasteiger partial charge in [0.1, 0.15) is 88.0 Å². The lowest BCUT2D eigenvalue weighted by Crippen LogP contribution is -2.41. The van der Waals surface area contributed by atoms with E-state index in [1.807, 2.05) is 34.7 Å². The number of carboxylic acid groups (broad SMARTS) is 1. The Balaban J connectivity index is 0.000000210. The van der Waals surface area contributed by atoms with Gasteiger partial charge >= 0.3 is 17.9 Å². The Labute approximate surface area is 775 Å². The summed E-state index contributed by atoms with van der Waals surface area (Å²) in [6.45, 7) is 24.0. The summed E-state index contributed by atoms with van der Waals surface area (Å²) in [5.74, 6) is -4.79. The summed E-state index contributed by atoms with van der Waals surface area (Å²) < 4.78 is 15.2. The van der Waals surface area contributed by atoms with Crippen LogP contribution in [-0.4, -0.2) is 157 Å². The number of aliphatic hydroxyl groups excluding tert-OH is 2. The Morgan fingerprint density at radius 1 is 0.397 bits per heavy atom. The van der Waals surface area contributed by atoms with E-state index in [0.29, 0.717) is 76.6 Å². The number of aliphatic hydroxyl groups is 2. The molecule has 10 N–H and O–H groups in total. The zero-order valence-electron chi connectivity index (χ0n) is 75.3. The average Bonchev–Trinajstić information content (AvgIpc) is 0.704. The number of carboxylic acids is 1. The van der Waals surface area contributed by atoms with Gasteiger partial charge < -0.3 is 62.0 Å². The van der Waals surface area contributed by atoms with Crippen molar-refractivity contribution in [1.29, 1.82) is 0 Å². The quantitative estimate of drug-likeness (QED) is 0.0227. The minimum absolute atomic E-state index is 0.0365. The molecule has 0 atom stereocenters. The standard InChI is InChI=1S/C25H29ClN4O4.C23H24ClN3O4.C22H23ClN4O4.C19H16ClN3O4.C6H15NO/c1-16-5-8-18-11-20(23(33)27-12-17-6-9-19(26)10-7-17)24(34)30(22(18)28-16)13-21(32)29(4)14-25(2,3)15-31;1-14-5-8-16-11-18(21(29)25-12-15-6-9-17(24)10-7-15)22(30)27(20(16)26-14)13-19(28)31-23(2,3)4;1-22(2,3)31-18(28)12-27-19-14(6-9-17(24)26-19)10-16(21(27)30)20(29)25-11-13-4-7-15(23)8-5-13;1-11-2-5-13-8-15(19(27)23(10-16(24)25)17(13)22-11)18(26)21-9-12-3-6-14(20)7-4-12;1-6(2,5-8)4-7-3/h5-11,31H,12-15H2,1-4H3,(H,27,33);5-11H,12-13H2,1-4H3,(H,25,29);4-10H,11-12H2,1-3H3,(H2,24,26)(H,25,29);2-8H,9-10H2,1H3,(H,21,26)(H,24,25);7-8H,4-5H2,1-3H3. The van der Waals surface area contributed by atoms with Crippen molar-refractivity contribution in [3.8, 4) is 0 Å². The Bertz CT molecular complexity index is 6260. The average molecular weight is 1870 g/mol. The minimum atomic E-state index is -1.19. The largest absolute Gasteiger partial charge is 0.480 e. The molecule has 0 saturated carbocycles. The van der Waals surface area contributed by atoms with E-state index in [-0.39, 0.29) is 103 Å². The number of hydrogen-bond acceptors (Lipinski definition) is 22. The minimum Gasteiger partial charge on any atom is -0.480 e. The number of rotatable bonds is 26. The Hall–Kier alpha value is -13.1. The monoisotopic (exact) mass is 1870 g/mol. The number of hydrogen-bond donors (Lipinski definition) is 9. The number of nitrogens with zero attached hydrogens (tertiary/aromatic N) is 9. The van der Waals surface area contributed by atoms with Crippen molar-refractivity contribution in [3.05, 3.63) is 293 Å². The van der Waals surface area contributed by atoms with Crippen LogP contribution in [0.15, 0.2) is 189 Å². The second-order valence-corrected chi connectivity index (χ2v) is 36.0. The van der Waals surface area contributed by atoms with Gasteiger partial charge in [-0.25, -0.2) is 19.9 Å². The first-order valence-corrected chi connectivity index (χ1v) is 42.8. The van der Waals surface area contributed by atoms with Gasteiger partial charge in [-0.3, -0.25) is 75.8 Å². The summed E-state index contributed by atoms with van der Waals surface area (Å²) in [6.07, 6.45) is 0. The van der Waals surface area contributed by atoms with E-state index < -0.39 is 93.5 Å². The molecular weight excluding hydrogens is 1760 g/mol. The van der Waals surface area contributed by atoms with E-state index in [1.165, 1.54) is 38.3 Å². The number of nitrogen functional groups attached to an aromatic ring is 1. The number of pyridine rings is 8. The molecule has 131 heavy (non-hydrogen) atoms. The lowest BCUT2D eigenvalue weighted by Gasteiger charge is -2.28. The van der Waals surface area contributed by atoms with Crippen LogP contribution in [0.3, 0.4) is 0 Å². The lowest BCUT2D eigenvalue weighted by molar-refractivity contribution is -0.156. The van der Waals surface area contributed by atoms with Gasteiger partial charge in [-0.1, -0.05) is 123 Å². The zero-order chi connectivity index (χ0) is 96.7. The number of aryl methyl sites for hydroxylation is 3. The molecule has 36 heteroatoms. The van der Waals surface area contributed by atoms with E-state index in [0.717, 1.165) is 37.9 Å². The fourth-order valence-corrected chi connectivity index (χ4v) is 13.3. The molecule has 8 heterocycles. The van der Waals surface area contributed by atoms with Crippen LogP contribution in [-0.2, 0) is 81.0 Å². The molecule has 0 fully saturated rings. The number of nitrogens with one attached hydrogen (secondary N) is 5. The van der Waals surface area contributed by atoms with E-state index in [2.05, 4.69) is 46.5 Å². The number of anilines is 1. The van der Waals surface area contributed by atoms with Crippen molar-refractivity contribution in [2.24, 2.45) is 10.8 Å². The molecule has 8 aromatic heterocycles. The Kier molecular flexibility index (Phi) is 36.2. The predicted octanol–water partition coefficient (Wildman–Crippen LogP) is 11.9. The Morgan fingerprint density at radius 2 is 0.664 bits per heavy atom. The van der Waals surface area contributed by atoms with Crippen molar-refractivity contribution in [2.75, 3.05) is 46.1 Å². The first kappa shape index (κ1) is 103. The maximum Gasteiger partial charge on any atom is 0.326 e. The molecule has 0 spiro atoms. The number of nitrogens with two attached hydrogens (primary N) is 1. The molecule has 0 aliphatic carbocycles. The molecule has 0 bridgehead atoms. The fraction of sp³-hybridized carbons (Fsp3) is 0.326. The summed E-state index contributed by atoms with van der Waals surface area (Å²) >= 11 is 23.5. The third kappa shape index (κ3) is 30.8. The predicted molar refractivity (Wildman–Crippen MR) is 506 cm³/mol. The summed E-state index contributed by atoms with van der Waals surface area (Å²) in [6, 6.07) is 47.5. The third-order valence-corrected chi connectivity index (χ3v) is 20.2. The molecule has 4 aromatic carbocycles. The first-order valence-electron chi connectivity index (χ1n) is 41.2. The van der Waals surface area contributed by atoms with Crippen molar-refractivity contribution in [1.82, 2.24) is 69.7 Å². The smallest absolute Gasteiger partial charge is 0.326 e. The lowest BCUT2D eigenvalue weighted by atomic mass is 9.94. The number of aromatic nitrogens is 8. The molecule has 0 unspecified atom stereocenters. The maximum atomic E-state index is 13.3. The molecule has 12 aromatic rings. The number of ether oxygens (including phenoxy) is 2. The molecule has 0 aliphatic rings. The highest BCUT2D eigenvalue weighted by Gasteiger charge is 2.28. The zero-order valence-corrected chi connectivity index (χ0v) is 78.3. The van der Waals surface area contributed by atoms with Gasteiger partial charge in [-0.15, -0.1) is 0 Å². The summed E-state index contributed by atoms with van der Waals surface area (Å²) in [5, 5.41) is 45.7. The second-order valence-electron chi connectivity index (χ2n) is 34.3. The van der Waals surface area contributed by atoms with Crippen LogP contribution < -0.4 is 54.6 Å². The third-order valence-electron chi connectivity index (χ3n) is 19.2. The van der Waals surface area contributed by atoms with Crippen LogP contribution in [0.2, 0.25) is 20.1 Å². The van der Waals surface area contributed by atoms with Crippen LogP contribution >= 0.6 is 46.4 Å². The van der Waals surface area contributed by atoms with Crippen LogP contribution in [0.1, 0.15) is 150 Å². The van der Waals surface area contributed by atoms with Crippen LogP contribution in [0.4, 0.5) is 5.82 Å². The number of esters is 2. The summed E-state index contributed by atoms with van der Waals surface area (Å²) in [5.41, 5.74) is 7.34. The van der Waals surface area contributed by atoms with E-state index in [1.54, 1.807) is 215 Å². The van der Waals surface area contributed by atoms with Gasteiger partial charge in [-0.2, -0.15) is 0 Å². The molecule has 0 aliphatic heterocycles. The number of amides is 5. The normalized spacial score (nSPS) is 11.3. The highest BCUT2D eigenvalue weighted by Crippen LogP contribution is 2.23. The topological polar surface area (TPSA) is 445 Å². The first-order chi connectivity index (χ1) is 61.5. The highest BCUT2D eigenvalue weighted by molar-refractivity contribution is 6.31. The molecule has 0 radical (unpaired) electrons. The van der Waals surface area contributed by atoms with Gasteiger partial charge in [0.25, 0.3) is 45.9 Å². The molecule has 12 rings (SSSR count). The number of aliphatic carboxylic acids is 1. The SMILES string of the molecule is CC(C)(C)OC(=O)Cn1c(=O)c(C(=O)NCc2ccc(Cl)cc2)cc2ccc(N)nc21.CNCC(C)(C)CO.Cc1ccc2cc(C(=O)NCc3ccc(Cl)cc3)c(=O)n(CC(=O)N(C)CC(C)(C)CO)c2n1.Cc1ccc2cc(C(=O)NCc3ccc(Cl)cc3)c(=O)n(CC(=O)O)c2n1.Cc1ccc2cc(C(=O)NCc3ccc(Cl)cc3)c(=O)n(CC(=O)OC(C)(C)C)c2n1. The van der Waals surface area contributed by atoms with Gasteiger partial charge in [0.2, 0.25) is 5.91 Å². The van der Waals surface area contributed by atoms with E-state index >= 15 is 0 Å². The van der Waals surface area contributed by atoms with Crippen molar-refractivity contribution in [2.45, 2.75) is 154 Å². The second kappa shape index (κ2) is 45.9. The van der Waals surface area contributed by atoms with Gasteiger partial charge in [0.15, 0.2) is 0 Å². The molecule has 0 saturated heterocycles. The number of fused-ring (bicyclic) bond motifs is 4. The molecule has 692 valence electrons. The molecule has 5 amide bonds. The maximum absolute atomic E-state index is 13.3. The van der Waals surface area contributed by atoms with Gasteiger partial charge in [-0.05, 0) is 213 Å². The number of likely N-dealkylation sites (N-methyl/N-ethyl adjacent to an activating group) is 1. The van der Waals surface area contributed by atoms with E-state index in [4.69, 9.17) is 71.8 Å². The fourth-order valence-electron chi connectivity index (χ4n) is 12.8. The van der Waals surface area contributed by atoms with Gasteiger partial charge in [0.05, 0.1) is 0 Å². The van der Waals surface area contributed by atoms with Crippen LogP contribution in [0.25, 0.3) is 44.1 Å². The molecule has 32 nitrogen and oxygen atoms in total. The summed E-state index contributed by atoms with van der Waals surface area (Å²) in [7, 11) is 3.51. The number of carbonyl (C=O) groups is 8. The number of carbonyl (C=O) groups excluding carboxylic acids is 7.